The summed E-state index contributed by atoms with van der Waals surface area (Å²) in [7, 11) is -2.14. The molecule has 0 aromatic carbocycles. The molecule has 2 nitrogen and oxygen atoms in total. The van der Waals surface area contributed by atoms with E-state index in [0.29, 0.717) is 19.7 Å². The fourth-order valence-corrected chi connectivity index (χ4v) is 3.31. The molecule has 44 valence electrons. The van der Waals surface area contributed by atoms with Crippen LogP contribution in [0.25, 0.3) is 0 Å². The average molecular weight is 194 g/mol. The second kappa shape index (κ2) is 3.39. The van der Waals surface area contributed by atoms with Crippen molar-refractivity contribution >= 4 is 50.9 Å². The summed E-state index contributed by atoms with van der Waals surface area (Å²) in [4.78, 5) is 0. The molecule has 0 saturated heterocycles. The van der Waals surface area contributed by atoms with E-state index < -0.39 is 7.90 Å². The first-order valence-corrected chi connectivity index (χ1v) is 7.29. The van der Waals surface area contributed by atoms with Crippen molar-refractivity contribution in [1.82, 2.24) is 0 Å². The molecule has 0 rings (SSSR count). The van der Waals surface area contributed by atoms with Crippen molar-refractivity contribution in [1.29, 1.82) is 0 Å². The lowest BCUT2D eigenvalue weighted by molar-refractivity contribution is 0.623. The van der Waals surface area contributed by atoms with Crippen LogP contribution in [0.1, 0.15) is 0 Å². The molecule has 7 heteroatoms. The van der Waals surface area contributed by atoms with Crippen LogP contribution >= 0.6 is 43.0 Å². The molecule has 0 aliphatic rings. The molecule has 0 unspecified atom stereocenters. The summed E-state index contributed by atoms with van der Waals surface area (Å²) < 4.78 is 20.3. The van der Waals surface area contributed by atoms with E-state index in [1.54, 1.807) is 0 Å². The lowest BCUT2D eigenvalue weighted by Gasteiger charge is -1.85. The summed E-state index contributed by atoms with van der Waals surface area (Å²) in [5, 5.41) is 0. The molecule has 0 N–H and O–H groups in total. The zero-order chi connectivity index (χ0) is 5.91. The van der Waals surface area contributed by atoms with Crippen molar-refractivity contribution in [2.75, 3.05) is 0 Å². The van der Waals surface area contributed by atoms with Crippen LogP contribution in [-0.4, -0.2) is 8.42 Å². The van der Waals surface area contributed by atoms with E-state index in [2.05, 4.69) is 23.3 Å². The van der Waals surface area contributed by atoms with Gasteiger partial charge in [-0.25, -0.2) is 8.42 Å². The molecular weight excluding hydrogens is 192 g/mol. The molecular formula is H2O2S5. The van der Waals surface area contributed by atoms with E-state index in [4.69, 9.17) is 0 Å². The van der Waals surface area contributed by atoms with Crippen LogP contribution in [-0.2, 0) is 7.90 Å². The molecule has 0 heterocycles. The molecule has 0 amide bonds. The molecule has 0 aromatic rings. The Labute approximate surface area is 59.2 Å². The maximum Gasteiger partial charge on any atom is 0.273 e. The lowest BCUT2D eigenvalue weighted by atomic mass is 15.9. The van der Waals surface area contributed by atoms with Crippen LogP contribution in [0.4, 0.5) is 0 Å². The molecule has 0 radical (unpaired) electrons. The van der Waals surface area contributed by atoms with Gasteiger partial charge in [0, 0.05) is 19.7 Å². The normalized spacial score (nSPS) is 11.7. The van der Waals surface area contributed by atoms with Crippen LogP contribution < -0.4 is 0 Å². The Balaban J connectivity index is 3.89. The van der Waals surface area contributed by atoms with Crippen LogP contribution in [0.5, 0.6) is 0 Å². The van der Waals surface area contributed by atoms with Gasteiger partial charge in [-0.2, -0.15) is 0 Å². The minimum atomic E-state index is -3.10. The van der Waals surface area contributed by atoms with Crippen molar-refractivity contribution in [3.8, 4) is 0 Å². The highest BCUT2D eigenvalue weighted by atomic mass is 33.8. The van der Waals surface area contributed by atoms with Crippen LogP contribution in [0.3, 0.4) is 0 Å². The summed E-state index contributed by atoms with van der Waals surface area (Å²) in [5.41, 5.74) is 0. The molecule has 0 aliphatic heterocycles. The second-order valence-electron chi connectivity index (χ2n) is 0.557. The Kier molecular flexibility index (Phi) is 4.04. The fraction of sp³-hybridized carbons (Fsp3) is 0. The highest BCUT2D eigenvalue weighted by molar-refractivity contribution is 9.29. The lowest BCUT2D eigenvalue weighted by Crippen LogP contribution is -1.73. The van der Waals surface area contributed by atoms with Crippen molar-refractivity contribution in [3.05, 3.63) is 0 Å². The van der Waals surface area contributed by atoms with Crippen LogP contribution in [0, 0.1) is 0 Å². The standard InChI is InChI=1S/H2O2S5/c1-7(2,5-3)6-4/h3-4H. The average Bonchev–Trinajstić information content (AvgIpc) is 1.68. The Hall–Kier alpha value is 1.35. The fourth-order valence-electron chi connectivity index (χ4n) is 0.0136. The van der Waals surface area contributed by atoms with Gasteiger partial charge in [0.1, 0.15) is 0 Å². The number of hydrogen-bond acceptors (Lipinski definition) is 6. The quantitative estimate of drug-likeness (QED) is 0.514. The molecule has 0 fully saturated rings. The zero-order valence-corrected chi connectivity index (χ0v) is 7.17. The molecule has 0 saturated carbocycles. The highest BCUT2D eigenvalue weighted by Crippen LogP contribution is 2.30. The van der Waals surface area contributed by atoms with Gasteiger partial charge < -0.3 is 0 Å². The predicted octanol–water partition coefficient (Wildman–Crippen LogP) is 1.39. The van der Waals surface area contributed by atoms with Gasteiger partial charge in [0.15, 0.2) is 0 Å². The van der Waals surface area contributed by atoms with Gasteiger partial charge >= 0.3 is 0 Å². The van der Waals surface area contributed by atoms with E-state index in [9.17, 15) is 8.42 Å². The Morgan fingerprint density at radius 1 is 1.14 bits per heavy atom. The Bertz CT molecular complexity index is 109. The van der Waals surface area contributed by atoms with Crippen molar-refractivity contribution in [3.63, 3.8) is 0 Å². The molecule has 0 atom stereocenters. The minimum Gasteiger partial charge on any atom is -0.204 e. The summed E-state index contributed by atoms with van der Waals surface area (Å²) in [5.74, 6) is 0. The van der Waals surface area contributed by atoms with Gasteiger partial charge in [0.25, 0.3) is 7.90 Å². The number of rotatable bonds is 2. The third-order valence-corrected chi connectivity index (χ3v) is 8.22. The second-order valence-corrected chi connectivity index (χ2v) is 8.52. The van der Waals surface area contributed by atoms with E-state index >= 15 is 0 Å². The maximum absolute atomic E-state index is 10.1. The van der Waals surface area contributed by atoms with E-state index in [0.717, 1.165) is 0 Å². The van der Waals surface area contributed by atoms with Crippen LogP contribution in [0.15, 0.2) is 0 Å². The van der Waals surface area contributed by atoms with Gasteiger partial charge in [0.2, 0.25) is 0 Å². The van der Waals surface area contributed by atoms with E-state index in [1.165, 1.54) is 0 Å². The van der Waals surface area contributed by atoms with Crippen LogP contribution in [0.2, 0.25) is 0 Å². The van der Waals surface area contributed by atoms with Crippen molar-refractivity contribution in [2.45, 2.75) is 0 Å². The monoisotopic (exact) mass is 194 g/mol. The molecule has 0 bridgehead atoms. The topological polar surface area (TPSA) is 34.1 Å². The summed E-state index contributed by atoms with van der Waals surface area (Å²) in [6, 6.07) is 0. The molecule has 0 spiro atoms. The van der Waals surface area contributed by atoms with Crippen molar-refractivity contribution < 1.29 is 8.42 Å². The first kappa shape index (κ1) is 8.35. The smallest absolute Gasteiger partial charge is 0.204 e. The summed E-state index contributed by atoms with van der Waals surface area (Å²) in [6.45, 7) is 0. The third-order valence-electron chi connectivity index (χ3n) is 0.183. The van der Waals surface area contributed by atoms with Gasteiger partial charge in [0.05, 0.1) is 0 Å². The van der Waals surface area contributed by atoms with E-state index in [-0.39, 0.29) is 0 Å². The summed E-state index contributed by atoms with van der Waals surface area (Å²) >= 11 is 6.88. The van der Waals surface area contributed by atoms with Gasteiger partial charge in [-0.05, 0) is 0 Å². The Morgan fingerprint density at radius 2 is 1.43 bits per heavy atom. The SMILES string of the molecule is O=S(=O)(SS)SS. The van der Waals surface area contributed by atoms with Crippen molar-refractivity contribution in [2.24, 2.45) is 0 Å². The maximum atomic E-state index is 10.1. The summed E-state index contributed by atoms with van der Waals surface area (Å²) in [6.07, 6.45) is 0. The first-order valence-electron chi connectivity index (χ1n) is 1.03. The number of hydrogen-bond donors (Lipinski definition) is 2. The molecule has 0 aromatic heterocycles. The first-order chi connectivity index (χ1) is 3.12. The Morgan fingerprint density at radius 3 is 1.43 bits per heavy atom. The highest BCUT2D eigenvalue weighted by Gasteiger charge is 2.04. The van der Waals surface area contributed by atoms with Gasteiger partial charge in [-0.15, -0.1) is 0 Å². The largest absolute Gasteiger partial charge is 0.273 e. The van der Waals surface area contributed by atoms with Gasteiger partial charge in [-0.3, -0.25) is 0 Å². The van der Waals surface area contributed by atoms with E-state index in [1.807, 2.05) is 0 Å². The molecule has 0 aliphatic carbocycles. The minimum absolute atomic E-state index is 0.480. The molecule has 7 heavy (non-hydrogen) atoms. The van der Waals surface area contributed by atoms with Gasteiger partial charge in [-0.1, -0.05) is 23.3 Å². The zero-order valence-electron chi connectivity index (χ0n) is 2.94. The third kappa shape index (κ3) is 3.89. The number of thiol groups is 2. The predicted molar refractivity (Wildman–Crippen MR) is 42.1 cm³/mol.